The highest BCUT2D eigenvalue weighted by molar-refractivity contribution is 9.10. The van der Waals surface area contributed by atoms with Crippen LogP contribution in [0.4, 0.5) is 5.69 Å². The van der Waals surface area contributed by atoms with Crippen LogP contribution in [-0.4, -0.2) is 21.3 Å². The van der Waals surface area contributed by atoms with E-state index in [0.29, 0.717) is 23.8 Å². The lowest BCUT2D eigenvalue weighted by atomic mass is 10.1. The Bertz CT molecular complexity index is 633. The van der Waals surface area contributed by atoms with Crippen LogP contribution in [0.2, 0.25) is 0 Å². The average Bonchev–Trinajstić information content (AvgIpc) is 2.52. The molecule has 5 heteroatoms. The van der Waals surface area contributed by atoms with Gasteiger partial charge >= 0.3 is 0 Å². The van der Waals surface area contributed by atoms with E-state index in [4.69, 9.17) is 14.2 Å². The first kappa shape index (κ1) is 16.5. The predicted octanol–water partition coefficient (Wildman–Crippen LogP) is 4.40. The third kappa shape index (κ3) is 3.65. The highest BCUT2D eigenvalue weighted by Gasteiger charge is 2.13. The summed E-state index contributed by atoms with van der Waals surface area (Å²) in [6.45, 7) is 2.71. The molecule has 22 heavy (non-hydrogen) atoms. The number of hydrogen-bond acceptors (Lipinski definition) is 4. The Morgan fingerprint density at radius 1 is 0.955 bits per heavy atom. The van der Waals surface area contributed by atoms with Crippen LogP contribution in [0.15, 0.2) is 34.8 Å². The van der Waals surface area contributed by atoms with Crippen LogP contribution in [0.3, 0.4) is 0 Å². The highest BCUT2D eigenvalue weighted by Crippen LogP contribution is 2.38. The molecular weight excluding hydrogens is 346 g/mol. The molecule has 2 aromatic rings. The van der Waals surface area contributed by atoms with Crippen LogP contribution in [-0.2, 0) is 6.54 Å². The number of anilines is 1. The predicted molar refractivity (Wildman–Crippen MR) is 92.3 cm³/mol. The standard InChI is InChI=1S/C17H20BrNO3/c1-11-5-6-14(13(18)7-11)19-10-12-8-15(20-2)17(22-4)16(9-12)21-3/h5-9,19H,10H2,1-4H3. The number of aryl methyl sites for hydroxylation is 1. The molecule has 0 spiro atoms. The van der Waals surface area contributed by atoms with Crippen molar-refractivity contribution in [3.05, 3.63) is 45.9 Å². The molecule has 1 N–H and O–H groups in total. The van der Waals surface area contributed by atoms with E-state index in [2.05, 4.69) is 46.4 Å². The minimum Gasteiger partial charge on any atom is -0.493 e. The van der Waals surface area contributed by atoms with Crippen LogP contribution < -0.4 is 19.5 Å². The minimum atomic E-state index is 0.602. The van der Waals surface area contributed by atoms with Gasteiger partial charge in [0.15, 0.2) is 11.5 Å². The van der Waals surface area contributed by atoms with Gasteiger partial charge in [-0.05, 0) is 58.2 Å². The molecule has 0 fully saturated rings. The number of nitrogens with one attached hydrogen (secondary N) is 1. The minimum absolute atomic E-state index is 0.602. The number of rotatable bonds is 6. The van der Waals surface area contributed by atoms with Gasteiger partial charge in [0.1, 0.15) is 0 Å². The Labute approximate surface area is 139 Å². The first-order valence-electron chi connectivity index (χ1n) is 6.88. The second kappa shape index (κ2) is 7.40. The fourth-order valence-electron chi connectivity index (χ4n) is 2.20. The van der Waals surface area contributed by atoms with Crippen LogP contribution >= 0.6 is 15.9 Å². The van der Waals surface area contributed by atoms with E-state index in [9.17, 15) is 0 Å². The Morgan fingerprint density at radius 3 is 2.09 bits per heavy atom. The summed E-state index contributed by atoms with van der Waals surface area (Å²) in [5.41, 5.74) is 3.30. The smallest absolute Gasteiger partial charge is 0.203 e. The zero-order chi connectivity index (χ0) is 16.1. The lowest BCUT2D eigenvalue weighted by molar-refractivity contribution is 0.324. The number of halogens is 1. The number of ether oxygens (including phenoxy) is 3. The zero-order valence-corrected chi connectivity index (χ0v) is 14.8. The number of benzene rings is 2. The number of hydrogen-bond donors (Lipinski definition) is 1. The molecule has 0 saturated heterocycles. The molecule has 0 unspecified atom stereocenters. The van der Waals surface area contributed by atoms with Crippen molar-refractivity contribution in [1.29, 1.82) is 0 Å². The lowest BCUT2D eigenvalue weighted by Crippen LogP contribution is -2.02. The van der Waals surface area contributed by atoms with Crippen LogP contribution in [0.1, 0.15) is 11.1 Å². The molecule has 0 radical (unpaired) electrons. The quantitative estimate of drug-likeness (QED) is 0.823. The first-order valence-corrected chi connectivity index (χ1v) is 7.67. The van der Waals surface area contributed by atoms with Crippen molar-refractivity contribution in [3.63, 3.8) is 0 Å². The molecule has 0 bridgehead atoms. The van der Waals surface area contributed by atoms with Gasteiger partial charge < -0.3 is 19.5 Å². The van der Waals surface area contributed by atoms with E-state index in [0.717, 1.165) is 15.7 Å². The van der Waals surface area contributed by atoms with Gasteiger partial charge in [0, 0.05) is 16.7 Å². The van der Waals surface area contributed by atoms with Crippen molar-refractivity contribution in [2.45, 2.75) is 13.5 Å². The molecule has 0 aliphatic carbocycles. The Hall–Kier alpha value is -1.88. The molecule has 2 aromatic carbocycles. The second-order valence-corrected chi connectivity index (χ2v) is 5.72. The molecule has 0 aliphatic rings. The van der Waals surface area contributed by atoms with Gasteiger partial charge in [-0.2, -0.15) is 0 Å². The molecule has 0 heterocycles. The van der Waals surface area contributed by atoms with Gasteiger partial charge in [-0.25, -0.2) is 0 Å². The largest absolute Gasteiger partial charge is 0.493 e. The van der Waals surface area contributed by atoms with Crippen molar-refractivity contribution in [2.75, 3.05) is 26.6 Å². The summed E-state index contributed by atoms with van der Waals surface area (Å²) >= 11 is 3.57. The molecule has 0 saturated carbocycles. The van der Waals surface area contributed by atoms with E-state index in [-0.39, 0.29) is 0 Å². The van der Waals surface area contributed by atoms with Crippen molar-refractivity contribution in [2.24, 2.45) is 0 Å². The summed E-state index contributed by atoms with van der Waals surface area (Å²) in [6, 6.07) is 10.1. The van der Waals surface area contributed by atoms with Crippen LogP contribution in [0.5, 0.6) is 17.2 Å². The molecule has 0 atom stereocenters. The van der Waals surface area contributed by atoms with Gasteiger partial charge in [-0.3, -0.25) is 0 Å². The van der Waals surface area contributed by atoms with Crippen molar-refractivity contribution in [3.8, 4) is 17.2 Å². The van der Waals surface area contributed by atoms with E-state index >= 15 is 0 Å². The van der Waals surface area contributed by atoms with Gasteiger partial charge in [-0.15, -0.1) is 0 Å². The number of methoxy groups -OCH3 is 3. The van der Waals surface area contributed by atoms with Gasteiger partial charge in [-0.1, -0.05) is 6.07 Å². The maximum absolute atomic E-state index is 5.37. The zero-order valence-electron chi connectivity index (χ0n) is 13.2. The maximum atomic E-state index is 5.37. The first-order chi connectivity index (χ1) is 10.6. The summed E-state index contributed by atoms with van der Waals surface area (Å²) in [5.74, 6) is 1.91. The van der Waals surface area contributed by atoms with Crippen molar-refractivity contribution >= 4 is 21.6 Å². The maximum Gasteiger partial charge on any atom is 0.203 e. The lowest BCUT2D eigenvalue weighted by Gasteiger charge is -2.15. The van der Waals surface area contributed by atoms with Crippen molar-refractivity contribution < 1.29 is 14.2 Å². The Balaban J connectivity index is 2.22. The van der Waals surface area contributed by atoms with E-state index in [1.807, 2.05) is 12.1 Å². The molecule has 118 valence electrons. The van der Waals surface area contributed by atoms with E-state index < -0.39 is 0 Å². The SMILES string of the molecule is COc1cc(CNc2ccc(C)cc2Br)cc(OC)c1OC. The summed E-state index contributed by atoms with van der Waals surface area (Å²) < 4.78 is 17.1. The average molecular weight is 366 g/mol. The fourth-order valence-corrected chi connectivity index (χ4v) is 2.83. The van der Waals surface area contributed by atoms with E-state index in [1.165, 1.54) is 5.56 Å². The summed E-state index contributed by atoms with van der Waals surface area (Å²) in [4.78, 5) is 0. The summed E-state index contributed by atoms with van der Waals surface area (Å²) in [5, 5.41) is 3.40. The molecule has 0 aliphatic heterocycles. The van der Waals surface area contributed by atoms with Gasteiger partial charge in [0.05, 0.1) is 21.3 Å². The molecule has 0 amide bonds. The van der Waals surface area contributed by atoms with Crippen LogP contribution in [0.25, 0.3) is 0 Å². The normalized spacial score (nSPS) is 10.2. The fraction of sp³-hybridized carbons (Fsp3) is 0.294. The molecule has 2 rings (SSSR count). The van der Waals surface area contributed by atoms with E-state index in [1.54, 1.807) is 21.3 Å². The Kier molecular flexibility index (Phi) is 5.55. The van der Waals surface area contributed by atoms with Crippen molar-refractivity contribution in [1.82, 2.24) is 0 Å². The summed E-state index contributed by atoms with van der Waals surface area (Å²) in [7, 11) is 4.83. The third-order valence-electron chi connectivity index (χ3n) is 3.33. The molecular formula is C17H20BrNO3. The summed E-state index contributed by atoms with van der Waals surface area (Å²) in [6.07, 6.45) is 0. The topological polar surface area (TPSA) is 39.7 Å². The van der Waals surface area contributed by atoms with Gasteiger partial charge in [0.2, 0.25) is 5.75 Å². The second-order valence-electron chi connectivity index (χ2n) is 4.87. The molecule has 4 nitrogen and oxygen atoms in total. The highest BCUT2D eigenvalue weighted by atomic mass is 79.9. The van der Waals surface area contributed by atoms with Gasteiger partial charge in [0.25, 0.3) is 0 Å². The monoisotopic (exact) mass is 365 g/mol. The molecule has 0 aromatic heterocycles. The third-order valence-corrected chi connectivity index (χ3v) is 3.99. The Morgan fingerprint density at radius 2 is 1.59 bits per heavy atom. The van der Waals surface area contributed by atoms with Crippen LogP contribution in [0, 0.1) is 6.92 Å².